The fourth-order valence-corrected chi connectivity index (χ4v) is 11.6. The highest BCUT2D eigenvalue weighted by Crippen LogP contribution is 2.61. The largest absolute Gasteiger partial charge is 0.508 e. The van der Waals surface area contributed by atoms with Crippen LogP contribution in [0.25, 0.3) is 0 Å². The molecule has 330 valence electrons. The Balaban J connectivity index is 1.32. The van der Waals surface area contributed by atoms with Gasteiger partial charge >= 0.3 is 0 Å². The molecule has 1 saturated heterocycles. The van der Waals surface area contributed by atoms with Crippen LogP contribution >= 0.6 is 15.9 Å². The summed E-state index contributed by atoms with van der Waals surface area (Å²) in [6, 6.07) is 18.6. The van der Waals surface area contributed by atoms with Gasteiger partial charge in [0.1, 0.15) is 36.1 Å². The number of aliphatic hydroxyl groups excluding tert-OH is 1. The molecule has 4 aromatic rings. The first-order chi connectivity index (χ1) is 29.3. The summed E-state index contributed by atoms with van der Waals surface area (Å²) in [5.41, 5.74) is 0.524. The molecular formula is C49H59BrFN3O7Si. The molecule has 8 rings (SSSR count). The smallest absolute Gasteiger partial charge is 0.265 e. The summed E-state index contributed by atoms with van der Waals surface area (Å²) in [5.74, 6) is -2.78. The van der Waals surface area contributed by atoms with Gasteiger partial charge in [-0.3, -0.25) is 14.5 Å². The first kappa shape index (κ1) is 44.5. The monoisotopic (exact) mass is 927 g/mol. The molecule has 4 aliphatic rings. The quantitative estimate of drug-likeness (QED) is 0.133. The zero-order chi connectivity index (χ0) is 44.4. The van der Waals surface area contributed by atoms with Gasteiger partial charge in [-0.2, -0.15) is 0 Å². The first-order valence-corrected chi connectivity index (χ1v) is 25.6. The predicted molar refractivity (Wildman–Crippen MR) is 241 cm³/mol. The van der Waals surface area contributed by atoms with Crippen LogP contribution in [0.15, 0.2) is 81.0 Å². The average Bonchev–Trinajstić information content (AvgIpc) is 3.91. The number of allylic oxidation sites excluding steroid dienone is 1. The summed E-state index contributed by atoms with van der Waals surface area (Å²) >= 11 is 3.69. The van der Waals surface area contributed by atoms with E-state index in [1.165, 1.54) is 0 Å². The standard InChI is InChI=1S/C49H59BrFN3O7Si/c1-47(2,3)28-52-25-33-38(50)42(58-26-29-17-11-9-12-18-29)36-32(39(33)51)23-31-24-34-40(54-21-15-16-22-54)43-37(46(53-60-43)59-27-30-19-13-10-14-20-30)45(57)49(34,44(56)35(31)41(36)55)61-62(7,8)48(4,5)6/h9-14,17-20,31,34,40,52,56H,15-16,21-28H2,1-8H3/t31-,34-,40-,49-/m0/s1. The number of fused-ring (bicyclic) bond motifs is 4. The van der Waals surface area contributed by atoms with E-state index in [9.17, 15) is 5.11 Å². The van der Waals surface area contributed by atoms with E-state index in [2.05, 4.69) is 72.8 Å². The van der Waals surface area contributed by atoms with Crippen molar-refractivity contribution in [2.45, 2.75) is 117 Å². The third kappa shape index (κ3) is 7.90. The third-order valence-electron chi connectivity index (χ3n) is 13.6. The Morgan fingerprint density at radius 2 is 1.56 bits per heavy atom. The predicted octanol–water partition coefficient (Wildman–Crippen LogP) is 10.9. The van der Waals surface area contributed by atoms with Gasteiger partial charge in [0.15, 0.2) is 25.5 Å². The molecule has 0 radical (unpaired) electrons. The minimum absolute atomic E-state index is 0.0187. The summed E-state index contributed by atoms with van der Waals surface area (Å²) in [6.07, 6.45) is 2.23. The number of aliphatic hydroxyl groups is 1. The van der Waals surface area contributed by atoms with Crippen LogP contribution in [-0.2, 0) is 30.6 Å². The van der Waals surface area contributed by atoms with Crippen LogP contribution < -0.4 is 14.8 Å². The molecule has 1 aliphatic heterocycles. The SMILES string of the molecule is CC(C)(C)CNCc1c(F)c2c(c(OCc3ccccc3)c1Br)C(=O)C1=C(O)[C@]3(O[Si](C)(C)C(C)(C)C)C(=O)c4c(OCc5ccccc5)noc4[C@@H](N4CCCC4)[C@@H]3C[C@@H]1C2. The second kappa shape index (κ2) is 16.8. The number of likely N-dealkylation sites (tertiary alicyclic amines) is 1. The Bertz CT molecular complexity index is 2380. The van der Waals surface area contributed by atoms with E-state index in [0.29, 0.717) is 22.3 Å². The highest BCUT2D eigenvalue weighted by atomic mass is 79.9. The second-order valence-corrected chi connectivity index (χ2v) is 25.7. The Morgan fingerprint density at radius 1 is 0.952 bits per heavy atom. The van der Waals surface area contributed by atoms with Crippen molar-refractivity contribution < 1.29 is 37.5 Å². The van der Waals surface area contributed by atoms with Crippen molar-refractivity contribution in [2.75, 3.05) is 19.6 Å². The maximum absolute atomic E-state index is 17.3. The van der Waals surface area contributed by atoms with Crippen LogP contribution in [0.5, 0.6) is 11.6 Å². The third-order valence-corrected chi connectivity index (χ3v) is 18.9. The number of hydrogen-bond acceptors (Lipinski definition) is 10. The Hall–Kier alpha value is -4.14. The lowest BCUT2D eigenvalue weighted by Crippen LogP contribution is -2.65. The van der Waals surface area contributed by atoms with Crippen molar-refractivity contribution in [3.8, 4) is 11.6 Å². The minimum atomic E-state index is -2.95. The van der Waals surface area contributed by atoms with Crippen molar-refractivity contribution in [3.63, 3.8) is 0 Å². The van der Waals surface area contributed by atoms with E-state index in [0.717, 1.165) is 37.1 Å². The fraction of sp³-hybridized carbons (Fsp3) is 0.490. The normalized spacial score (nSPS) is 22.9. The molecule has 2 heterocycles. The van der Waals surface area contributed by atoms with E-state index < -0.39 is 60.0 Å². The van der Waals surface area contributed by atoms with Gasteiger partial charge < -0.3 is 28.8 Å². The van der Waals surface area contributed by atoms with Gasteiger partial charge in [-0.1, -0.05) is 102 Å². The summed E-state index contributed by atoms with van der Waals surface area (Å²) in [7, 11) is -2.95. The molecule has 62 heavy (non-hydrogen) atoms. The molecule has 2 N–H and O–H groups in total. The molecule has 0 spiro atoms. The molecule has 13 heteroatoms. The summed E-state index contributed by atoms with van der Waals surface area (Å²) < 4.78 is 44.0. The van der Waals surface area contributed by atoms with Gasteiger partial charge in [0.25, 0.3) is 5.88 Å². The highest BCUT2D eigenvalue weighted by Gasteiger charge is 2.68. The molecule has 0 unspecified atom stereocenters. The van der Waals surface area contributed by atoms with E-state index in [1.54, 1.807) is 0 Å². The summed E-state index contributed by atoms with van der Waals surface area (Å²) in [6.45, 7) is 19.2. The second-order valence-electron chi connectivity index (χ2n) is 20.2. The molecule has 0 amide bonds. The van der Waals surface area contributed by atoms with E-state index in [1.807, 2.05) is 73.8 Å². The number of Topliss-reactive ketones (excluding diaryl/α,β-unsaturated/α-hetero) is 2. The van der Waals surface area contributed by atoms with Gasteiger partial charge in [-0.15, -0.1) is 0 Å². The van der Waals surface area contributed by atoms with E-state index in [-0.39, 0.29) is 71.9 Å². The minimum Gasteiger partial charge on any atom is -0.508 e. The summed E-state index contributed by atoms with van der Waals surface area (Å²) in [5, 5.41) is 20.6. The fourth-order valence-electron chi connectivity index (χ4n) is 9.49. The number of aromatic nitrogens is 1. The topological polar surface area (TPSA) is 123 Å². The Labute approximate surface area is 373 Å². The van der Waals surface area contributed by atoms with Crippen LogP contribution in [-0.4, -0.2) is 60.3 Å². The molecule has 1 fully saturated rings. The number of halogens is 2. The number of nitrogens with one attached hydrogen (secondary N) is 1. The van der Waals surface area contributed by atoms with Crippen molar-refractivity contribution in [2.24, 2.45) is 17.3 Å². The van der Waals surface area contributed by atoms with Crippen molar-refractivity contribution in [3.05, 3.63) is 121 Å². The lowest BCUT2D eigenvalue weighted by molar-refractivity contribution is -0.0523. The zero-order valence-electron chi connectivity index (χ0n) is 37.1. The van der Waals surface area contributed by atoms with Crippen molar-refractivity contribution in [1.29, 1.82) is 0 Å². The molecule has 10 nitrogen and oxygen atoms in total. The number of ether oxygens (including phenoxy) is 2. The molecule has 1 aromatic heterocycles. The maximum atomic E-state index is 17.3. The number of carbonyl (C=O) groups excluding carboxylic acids is 2. The molecule has 0 saturated carbocycles. The highest BCUT2D eigenvalue weighted by molar-refractivity contribution is 9.10. The first-order valence-electron chi connectivity index (χ1n) is 21.9. The van der Waals surface area contributed by atoms with Crippen LogP contribution in [0.4, 0.5) is 4.39 Å². The number of ketones is 2. The molecule has 3 aliphatic carbocycles. The number of benzene rings is 3. The number of rotatable bonds is 12. The van der Waals surface area contributed by atoms with Gasteiger partial charge in [0.2, 0.25) is 5.78 Å². The molecule has 4 atom stereocenters. The zero-order valence-corrected chi connectivity index (χ0v) is 39.7. The number of hydrogen-bond donors (Lipinski definition) is 2. The Morgan fingerprint density at radius 3 is 2.16 bits per heavy atom. The molecular weight excluding hydrogens is 870 g/mol. The van der Waals surface area contributed by atoms with Crippen molar-refractivity contribution >= 4 is 35.8 Å². The van der Waals surface area contributed by atoms with Crippen molar-refractivity contribution in [1.82, 2.24) is 15.4 Å². The molecule has 0 bridgehead atoms. The Kier molecular flexibility index (Phi) is 12.0. The maximum Gasteiger partial charge on any atom is 0.265 e. The lowest BCUT2D eigenvalue weighted by atomic mass is 9.58. The van der Waals surface area contributed by atoms with Gasteiger partial charge in [0.05, 0.1) is 16.1 Å². The lowest BCUT2D eigenvalue weighted by Gasteiger charge is -2.55. The van der Waals surface area contributed by atoms with E-state index >= 15 is 14.0 Å². The van der Waals surface area contributed by atoms with Crippen LogP contribution in [0.2, 0.25) is 18.1 Å². The van der Waals surface area contributed by atoms with Crippen LogP contribution in [0, 0.1) is 23.1 Å². The molecule has 3 aromatic carbocycles. The van der Waals surface area contributed by atoms with Crippen LogP contribution in [0.1, 0.15) is 116 Å². The van der Waals surface area contributed by atoms with Gasteiger partial charge in [0, 0.05) is 35.7 Å². The average molecular weight is 929 g/mol. The van der Waals surface area contributed by atoms with Gasteiger partial charge in [-0.05, 0) is 100 Å². The van der Waals surface area contributed by atoms with Gasteiger partial charge in [-0.25, -0.2) is 4.39 Å². The summed E-state index contributed by atoms with van der Waals surface area (Å²) in [4.78, 5) is 33.6. The van der Waals surface area contributed by atoms with Crippen LogP contribution in [0.3, 0.4) is 0 Å². The number of nitrogens with zero attached hydrogens (tertiary/aromatic N) is 2. The number of carbonyl (C=O) groups is 2. The van der Waals surface area contributed by atoms with E-state index in [4.69, 9.17) is 18.4 Å².